The van der Waals surface area contributed by atoms with Crippen LogP contribution in [-0.4, -0.2) is 57.4 Å². The molecule has 1 aromatic carbocycles. The first-order valence-electron chi connectivity index (χ1n) is 11.7. The number of aliphatic hydroxyl groups excluding tert-OH is 1. The predicted octanol–water partition coefficient (Wildman–Crippen LogP) is 2.29. The minimum absolute atomic E-state index is 0.0945. The highest BCUT2D eigenvalue weighted by molar-refractivity contribution is 7.52. The van der Waals surface area contributed by atoms with Crippen LogP contribution in [0.5, 0.6) is 5.75 Å². The van der Waals surface area contributed by atoms with Gasteiger partial charge in [0.25, 0.3) is 5.56 Å². The van der Waals surface area contributed by atoms with E-state index in [1.165, 1.54) is 19.1 Å². The molecular weight excluding hydrogens is 542 g/mol. The third-order valence-corrected chi connectivity index (χ3v) is 7.01. The molecule has 1 saturated heterocycles. The van der Waals surface area contributed by atoms with Crippen molar-refractivity contribution >= 4 is 13.7 Å². The number of hydrogen-bond donors (Lipinski definition) is 3. The van der Waals surface area contributed by atoms with E-state index in [-0.39, 0.29) is 18.3 Å². The number of H-pyrrole nitrogens is 1. The molecule has 0 aliphatic carbocycles. The van der Waals surface area contributed by atoms with E-state index in [2.05, 4.69) is 15.1 Å². The summed E-state index contributed by atoms with van der Waals surface area (Å²) in [7, 11) is -4.43. The molecular formula is C22H28FN6O9P. The van der Waals surface area contributed by atoms with Gasteiger partial charge in [0.15, 0.2) is 12.4 Å². The molecule has 6 atom stereocenters. The van der Waals surface area contributed by atoms with Crippen LogP contribution in [0, 0.1) is 0 Å². The third-order valence-electron chi connectivity index (χ3n) is 5.33. The molecule has 212 valence electrons. The third kappa shape index (κ3) is 7.53. The van der Waals surface area contributed by atoms with Gasteiger partial charge in [-0.25, -0.2) is 18.8 Å². The van der Waals surface area contributed by atoms with Gasteiger partial charge in [-0.1, -0.05) is 23.3 Å². The van der Waals surface area contributed by atoms with Crippen LogP contribution < -0.4 is 20.9 Å². The Labute approximate surface area is 221 Å². The molecule has 1 aliphatic rings. The Bertz CT molecular complexity index is 1370. The van der Waals surface area contributed by atoms with Crippen molar-refractivity contribution in [1.29, 1.82) is 0 Å². The molecule has 39 heavy (non-hydrogen) atoms. The number of azide groups is 1. The van der Waals surface area contributed by atoms with E-state index in [0.29, 0.717) is 4.57 Å². The number of esters is 1. The number of nitrogens with one attached hydrogen (secondary N) is 2. The van der Waals surface area contributed by atoms with Crippen LogP contribution in [0.4, 0.5) is 4.39 Å². The fourth-order valence-electron chi connectivity index (χ4n) is 3.66. The largest absolute Gasteiger partial charge is 0.463 e. The second-order valence-corrected chi connectivity index (χ2v) is 10.6. The Morgan fingerprint density at radius 3 is 2.64 bits per heavy atom. The molecule has 0 bridgehead atoms. The average molecular weight is 570 g/mol. The van der Waals surface area contributed by atoms with Crippen LogP contribution in [0.1, 0.15) is 33.4 Å². The van der Waals surface area contributed by atoms with Crippen LogP contribution >= 0.6 is 7.75 Å². The van der Waals surface area contributed by atoms with Gasteiger partial charge >= 0.3 is 19.4 Å². The van der Waals surface area contributed by atoms with Gasteiger partial charge in [0.2, 0.25) is 5.72 Å². The Morgan fingerprint density at radius 1 is 1.33 bits per heavy atom. The average Bonchev–Trinajstić information content (AvgIpc) is 3.08. The number of hydrogen-bond acceptors (Lipinski definition) is 10. The van der Waals surface area contributed by atoms with Crippen LogP contribution in [0.2, 0.25) is 0 Å². The number of aliphatic hydroxyl groups is 1. The van der Waals surface area contributed by atoms with Crippen LogP contribution in [0.3, 0.4) is 0 Å². The summed E-state index contributed by atoms with van der Waals surface area (Å²) in [5.74, 6) is -0.497. The summed E-state index contributed by atoms with van der Waals surface area (Å²) < 4.78 is 51.1. The van der Waals surface area contributed by atoms with Gasteiger partial charge in [-0.3, -0.25) is 23.7 Å². The number of rotatable bonds is 12. The highest BCUT2D eigenvalue weighted by Crippen LogP contribution is 2.48. The molecule has 2 unspecified atom stereocenters. The van der Waals surface area contributed by atoms with Gasteiger partial charge in [0.1, 0.15) is 11.9 Å². The summed E-state index contributed by atoms with van der Waals surface area (Å²) in [6.07, 6.45) is -6.05. The number of carbonyl (C=O) groups is 1. The smallest absolute Gasteiger partial charge is 0.459 e. The fourth-order valence-corrected chi connectivity index (χ4v) is 5.22. The van der Waals surface area contributed by atoms with Crippen molar-refractivity contribution in [1.82, 2.24) is 14.6 Å². The van der Waals surface area contributed by atoms with Crippen molar-refractivity contribution in [2.45, 2.75) is 63.6 Å². The maximum absolute atomic E-state index is 15.2. The topological polar surface area (TPSA) is 207 Å². The number of carbonyl (C=O) groups excluding carboxylic acids is 1. The Morgan fingerprint density at radius 2 is 2.03 bits per heavy atom. The molecule has 0 amide bonds. The summed E-state index contributed by atoms with van der Waals surface area (Å²) >= 11 is 0. The lowest BCUT2D eigenvalue weighted by Crippen LogP contribution is -2.44. The van der Waals surface area contributed by atoms with Crippen molar-refractivity contribution in [3.05, 3.63) is 73.9 Å². The second-order valence-electron chi connectivity index (χ2n) is 8.90. The summed E-state index contributed by atoms with van der Waals surface area (Å²) in [5, 5.41) is 16.6. The van der Waals surface area contributed by atoms with E-state index in [9.17, 15) is 24.1 Å². The lowest BCUT2D eigenvalue weighted by Gasteiger charge is -2.29. The van der Waals surface area contributed by atoms with E-state index in [1.807, 2.05) is 4.98 Å². The molecule has 3 N–H and O–H groups in total. The van der Waals surface area contributed by atoms with Crippen molar-refractivity contribution in [2.24, 2.45) is 5.11 Å². The molecule has 3 rings (SSSR count). The van der Waals surface area contributed by atoms with Crippen LogP contribution in [0.25, 0.3) is 10.4 Å². The number of aromatic nitrogens is 2. The number of aromatic amines is 1. The lowest BCUT2D eigenvalue weighted by molar-refractivity contribution is -0.147. The first-order valence-corrected chi connectivity index (χ1v) is 13.3. The minimum atomic E-state index is -4.43. The highest BCUT2D eigenvalue weighted by atomic mass is 31.2. The number of halogens is 1. The molecule has 1 aromatic heterocycles. The Kier molecular flexibility index (Phi) is 9.67. The maximum atomic E-state index is 15.2. The summed E-state index contributed by atoms with van der Waals surface area (Å²) in [4.78, 5) is 40.1. The zero-order chi connectivity index (χ0) is 28.8. The van der Waals surface area contributed by atoms with Crippen LogP contribution in [0.15, 0.2) is 57.3 Å². The van der Waals surface area contributed by atoms with Gasteiger partial charge < -0.3 is 19.1 Å². The van der Waals surface area contributed by atoms with Gasteiger partial charge in [-0.15, -0.1) is 0 Å². The first-order chi connectivity index (χ1) is 18.4. The molecule has 2 aromatic rings. The number of alkyl halides is 1. The van der Waals surface area contributed by atoms with Gasteiger partial charge in [-0.05, 0) is 38.4 Å². The van der Waals surface area contributed by atoms with E-state index in [1.54, 1.807) is 32.0 Å². The summed E-state index contributed by atoms with van der Waals surface area (Å²) in [5.41, 5.74) is 4.81. The van der Waals surface area contributed by atoms with Crippen molar-refractivity contribution in [3.63, 3.8) is 0 Å². The van der Waals surface area contributed by atoms with Crippen molar-refractivity contribution in [3.8, 4) is 5.75 Å². The quantitative estimate of drug-likeness (QED) is 0.111. The minimum Gasteiger partial charge on any atom is -0.463 e. The first kappa shape index (κ1) is 30.0. The number of benzene rings is 1. The molecule has 2 heterocycles. The fraction of sp³-hybridized carbons (Fsp3) is 0.500. The normalized spacial score (nSPS) is 24.9. The van der Waals surface area contributed by atoms with E-state index in [4.69, 9.17) is 24.1 Å². The Balaban J connectivity index is 1.87. The molecule has 17 heteroatoms. The van der Waals surface area contributed by atoms with Gasteiger partial charge in [0, 0.05) is 23.2 Å². The summed E-state index contributed by atoms with van der Waals surface area (Å²) in [6, 6.07) is 7.90. The van der Waals surface area contributed by atoms with E-state index >= 15 is 4.39 Å². The summed E-state index contributed by atoms with van der Waals surface area (Å²) in [6.45, 7) is 3.83. The predicted molar refractivity (Wildman–Crippen MR) is 133 cm³/mol. The number of ether oxygens (including phenoxy) is 2. The zero-order valence-electron chi connectivity index (χ0n) is 21.2. The number of nitrogens with zero attached hydrogens (tertiary/aromatic N) is 4. The molecule has 1 fully saturated rings. The second kappa shape index (κ2) is 12.6. The van der Waals surface area contributed by atoms with Gasteiger partial charge in [0.05, 0.1) is 19.1 Å². The lowest BCUT2D eigenvalue weighted by atomic mass is 10.1. The van der Waals surface area contributed by atoms with E-state index < -0.39 is 61.8 Å². The van der Waals surface area contributed by atoms with E-state index in [0.717, 1.165) is 12.3 Å². The Hall–Kier alpha value is -3.52. The van der Waals surface area contributed by atoms with Crippen molar-refractivity contribution in [2.75, 3.05) is 6.61 Å². The monoisotopic (exact) mass is 570 g/mol. The van der Waals surface area contributed by atoms with Gasteiger partial charge in [-0.2, -0.15) is 0 Å². The molecule has 0 spiro atoms. The van der Waals surface area contributed by atoms with Crippen LogP contribution in [-0.2, 0) is 23.4 Å². The zero-order valence-corrected chi connectivity index (χ0v) is 22.1. The highest BCUT2D eigenvalue weighted by Gasteiger charge is 2.57. The SMILES string of the molecule is CC(CC(=O)OC(C)C)NP(=O)(OC[C@@]1(N=[N+]=[N-])O[C@@H](n2ccc(=O)[nH]c2=O)[C@H](F)[C@@H]1O)Oc1ccccc1. The molecule has 0 saturated carbocycles. The standard InChI is InChI=1S/C22H28FN6O9P/c1-13(2)36-17(31)11-14(3)26-39(34,38-15-7-5-4-6-8-15)35-12-22(27-28-24)19(32)18(23)20(37-22)29-10-9-16(30)25-21(29)33/h4-10,13-14,18-20,32H,11-12H2,1-3H3,(H,26,34)(H,25,30,33)/t14?,18-,19+,20-,22-,39?/m1/s1. The molecule has 15 nitrogen and oxygen atoms in total. The molecule has 1 aliphatic heterocycles. The van der Waals surface area contributed by atoms with Crippen molar-refractivity contribution < 1.29 is 37.4 Å². The maximum Gasteiger partial charge on any atom is 0.459 e. The number of para-hydroxylation sites is 1. The molecule has 0 radical (unpaired) electrons.